The number of aliphatic hydroxyl groups is 2. The molecule has 15 nitrogen and oxygen atoms in total. The highest BCUT2D eigenvalue weighted by Gasteiger charge is 2.51. The van der Waals surface area contributed by atoms with Gasteiger partial charge in [-0.25, -0.2) is 4.99 Å². The molecule has 89 heavy (non-hydrogen) atoms. The van der Waals surface area contributed by atoms with Crippen molar-refractivity contribution in [3.63, 3.8) is 0 Å². The van der Waals surface area contributed by atoms with Gasteiger partial charge in [-0.2, -0.15) is 8.42 Å². The Balaban J connectivity index is 0.942. The Hall–Kier alpha value is -6.94. The number of H-pyrrole nitrogens is 1. The van der Waals surface area contributed by atoms with Crippen molar-refractivity contribution in [2.75, 3.05) is 32.1 Å². The lowest BCUT2D eigenvalue weighted by molar-refractivity contribution is -0.0834. The standard InChI is InChI=1S/C73H87N7O8S/c1-44-15-16-49-34-58-22-24-60(49)62(44)38-67(89(84,85)86)65-36-53-32-52(35-59-30-46(43-81)11-6-12-48-33-57(82)21-23-61(48)70(53)87-59)69(65)47-17-19-55(20-18-47)73(88-58,80-71(74)75)40-56(29-45-9-4-3-5-10-45)72(83)26-7-13-51(39-72)63-37-64-50(31-54(63)41-76-2)25-28-77-66(64)42-79-68-14-8-27-78-68/h3-5,8-10,14,17-24,27,31,33-34,36-37,44,46,51-52,56,59,62,65-67,69-70,76-79,81-83H,7,11,13,15-16,25-26,28-30,32,35,38-43H2,1-2H3,(H4,74,75,80)(H,84,85,86). The van der Waals surface area contributed by atoms with Gasteiger partial charge in [0.05, 0.1) is 17.0 Å². The number of nitrogens with zero attached hydrogens (tertiary/aromatic N) is 1. The van der Waals surface area contributed by atoms with Crippen LogP contribution >= 0.6 is 0 Å². The van der Waals surface area contributed by atoms with Crippen molar-refractivity contribution >= 4 is 21.9 Å². The van der Waals surface area contributed by atoms with Gasteiger partial charge in [0.1, 0.15) is 23.4 Å². The number of nitrogens with one attached hydrogen (secondary N) is 4. The van der Waals surface area contributed by atoms with E-state index >= 15 is 0 Å². The zero-order valence-electron chi connectivity index (χ0n) is 51.2. The molecule has 2 fully saturated rings. The summed E-state index contributed by atoms with van der Waals surface area (Å²) in [5.41, 5.74) is 22.7. The van der Waals surface area contributed by atoms with E-state index in [9.17, 15) is 28.3 Å². The van der Waals surface area contributed by atoms with Crippen LogP contribution in [0.1, 0.15) is 169 Å². The van der Waals surface area contributed by atoms with Crippen LogP contribution in [-0.4, -0.2) is 82.9 Å². The van der Waals surface area contributed by atoms with E-state index in [1.807, 2.05) is 67.8 Å². The van der Waals surface area contributed by atoms with Gasteiger partial charge in [-0.05, 0) is 219 Å². The van der Waals surface area contributed by atoms with Gasteiger partial charge in [0.25, 0.3) is 10.1 Å². The van der Waals surface area contributed by atoms with Crippen LogP contribution in [0, 0.1) is 41.4 Å². The fourth-order valence-corrected chi connectivity index (χ4v) is 18.2. The van der Waals surface area contributed by atoms with Crippen molar-refractivity contribution in [1.82, 2.24) is 15.6 Å². The van der Waals surface area contributed by atoms with Gasteiger partial charge in [0.2, 0.25) is 5.72 Å². The SMILES string of the molecule is CNCc1cc2c(cc1C1CCCC(O)(C(Cc3ccccc3)CC3(N=C(N)N)Oc4ccc5c(c4)CCC(C)C5CC(S(=O)(=O)O)C4C=C5CC(CC6CC(CO)CC#Cc7cc(O)ccc7C5O6)C4c4ccc3cc4)C1)C(CNc1ccc[nH]1)NCC2. The van der Waals surface area contributed by atoms with Crippen molar-refractivity contribution < 1.29 is 37.8 Å². The number of nitrogens with two attached hydrogens (primary N) is 2. The van der Waals surface area contributed by atoms with Crippen LogP contribution in [0.15, 0.2) is 138 Å². The third-order valence-electron chi connectivity index (χ3n) is 21.4. The first-order valence-electron chi connectivity index (χ1n) is 32.5. The Morgan fingerprint density at radius 1 is 0.910 bits per heavy atom. The van der Waals surface area contributed by atoms with Gasteiger partial charge in [0, 0.05) is 67.4 Å². The molecule has 15 rings (SSSR count). The molecule has 10 bridgehead atoms. The van der Waals surface area contributed by atoms with Crippen LogP contribution < -0.4 is 32.2 Å². The first kappa shape index (κ1) is 60.9. The van der Waals surface area contributed by atoms with Crippen molar-refractivity contribution in [3.05, 3.63) is 194 Å². The lowest BCUT2D eigenvalue weighted by Crippen LogP contribution is -2.48. The Morgan fingerprint density at radius 3 is 2.51 bits per heavy atom. The molecule has 468 valence electrons. The molecule has 12 N–H and O–H groups in total. The second kappa shape index (κ2) is 25.4. The lowest BCUT2D eigenvalue weighted by Gasteiger charge is -2.46. The van der Waals surface area contributed by atoms with E-state index in [2.05, 4.69) is 94.3 Å². The molecule has 1 saturated carbocycles. The van der Waals surface area contributed by atoms with E-state index in [1.165, 1.54) is 22.3 Å². The number of benzene rings is 5. The normalized spacial score (nSPS) is 30.0. The molecule has 1 aromatic heterocycles. The number of hydrogen-bond donors (Lipinski definition) is 10. The molecule has 7 heterocycles. The predicted molar refractivity (Wildman–Crippen MR) is 348 cm³/mol. The first-order chi connectivity index (χ1) is 43.0. The molecule has 16 heteroatoms. The highest BCUT2D eigenvalue weighted by atomic mass is 32.2. The molecule has 6 aliphatic heterocycles. The van der Waals surface area contributed by atoms with Crippen LogP contribution in [0.2, 0.25) is 0 Å². The Bertz CT molecular complexity index is 3770. The largest absolute Gasteiger partial charge is 0.508 e. The third-order valence-corrected chi connectivity index (χ3v) is 22.7. The van der Waals surface area contributed by atoms with Crippen molar-refractivity contribution in [1.29, 1.82) is 0 Å². The van der Waals surface area contributed by atoms with Crippen LogP contribution in [0.5, 0.6) is 11.5 Å². The van der Waals surface area contributed by atoms with Crippen molar-refractivity contribution in [2.45, 2.75) is 156 Å². The Labute approximate surface area is 524 Å². The van der Waals surface area contributed by atoms with Gasteiger partial charge < -0.3 is 57.2 Å². The number of aryl methyl sites for hydroxylation is 1. The van der Waals surface area contributed by atoms with Crippen LogP contribution in [0.3, 0.4) is 0 Å². The number of allylic oxidation sites excluding steroid dienone is 1. The molecule has 0 spiro atoms. The minimum atomic E-state index is -4.71. The maximum Gasteiger partial charge on any atom is 0.268 e. The molecule has 14 atom stereocenters. The molecule has 3 aliphatic carbocycles. The Kier molecular flexibility index (Phi) is 17.4. The Morgan fingerprint density at radius 2 is 1.73 bits per heavy atom. The molecule has 1 saturated heterocycles. The number of aromatic hydroxyl groups is 1. The summed E-state index contributed by atoms with van der Waals surface area (Å²) in [6.45, 7) is 4.41. The zero-order valence-corrected chi connectivity index (χ0v) is 52.0. The average Bonchev–Trinajstić information content (AvgIpc) is 2.12. The fourth-order valence-electron chi connectivity index (χ4n) is 17.1. The van der Waals surface area contributed by atoms with E-state index in [4.69, 9.17) is 25.9 Å². The van der Waals surface area contributed by atoms with Gasteiger partial charge in [-0.1, -0.05) is 104 Å². The molecule has 0 radical (unpaired) electrons. The predicted octanol–water partition coefficient (Wildman–Crippen LogP) is 10.8. The van der Waals surface area contributed by atoms with E-state index in [0.717, 1.165) is 84.4 Å². The minimum absolute atomic E-state index is 0.0369. The number of aromatic amines is 1. The van der Waals surface area contributed by atoms with Crippen LogP contribution in [-0.2, 0) is 46.4 Å². The second-order valence-electron chi connectivity index (χ2n) is 27.1. The smallest absolute Gasteiger partial charge is 0.268 e. The molecule has 14 unspecified atom stereocenters. The third kappa shape index (κ3) is 12.7. The van der Waals surface area contributed by atoms with Gasteiger partial charge >= 0.3 is 0 Å². The first-order valence-corrected chi connectivity index (χ1v) is 34.0. The molecule has 0 amide bonds. The number of aliphatic imine (C=N–C) groups is 1. The lowest BCUT2D eigenvalue weighted by atomic mass is 9.64. The summed E-state index contributed by atoms with van der Waals surface area (Å²) in [6.07, 6.45) is 11.3. The number of ether oxygens (including phenoxy) is 2. The van der Waals surface area contributed by atoms with E-state index in [-0.39, 0.29) is 72.9 Å². The summed E-state index contributed by atoms with van der Waals surface area (Å²) in [4.78, 5) is 8.54. The number of guanidine groups is 1. The number of anilines is 1. The molecule has 5 aromatic carbocycles. The summed E-state index contributed by atoms with van der Waals surface area (Å²) in [7, 11) is -2.71. The maximum atomic E-state index is 14.6. The van der Waals surface area contributed by atoms with Gasteiger partial charge in [-0.15, -0.1) is 0 Å². The summed E-state index contributed by atoms with van der Waals surface area (Å²) < 4.78 is 55.8. The van der Waals surface area contributed by atoms with Crippen LogP contribution in [0.25, 0.3) is 0 Å². The quantitative estimate of drug-likeness (QED) is 0.0160. The second-order valence-corrected chi connectivity index (χ2v) is 28.7. The summed E-state index contributed by atoms with van der Waals surface area (Å²) in [6, 6.07) is 38.8. The molecular weight excluding hydrogens is 1130 g/mol. The van der Waals surface area contributed by atoms with Gasteiger partial charge in [0.15, 0.2) is 5.96 Å². The highest BCUT2D eigenvalue weighted by Crippen LogP contribution is 2.56. The monoisotopic (exact) mass is 1220 g/mol. The van der Waals surface area contributed by atoms with E-state index < -0.39 is 50.6 Å². The average molecular weight is 1220 g/mol. The number of phenolic OH excluding ortho intramolecular Hbond substituents is 1. The van der Waals surface area contributed by atoms with Crippen molar-refractivity contribution in [3.8, 4) is 23.3 Å². The topological polar surface area (TPSA) is 250 Å². The number of rotatable bonds is 14. The van der Waals surface area contributed by atoms with Crippen molar-refractivity contribution in [2.24, 2.45) is 46.0 Å². The van der Waals surface area contributed by atoms with E-state index in [0.29, 0.717) is 68.4 Å². The molecule has 6 aromatic rings. The molecular formula is C73H87N7O8S. The fraction of sp³-hybridized carbons (Fsp3) is 0.466. The summed E-state index contributed by atoms with van der Waals surface area (Å²) >= 11 is 0. The number of phenols is 1. The highest BCUT2D eigenvalue weighted by molar-refractivity contribution is 7.86. The number of fused-ring (bicyclic) bond motifs is 9. The summed E-state index contributed by atoms with van der Waals surface area (Å²) in [5, 5.41) is 45.2. The number of aromatic nitrogens is 1. The summed E-state index contributed by atoms with van der Waals surface area (Å²) in [5.74, 6) is 6.01. The van der Waals surface area contributed by atoms with Crippen LogP contribution in [0.4, 0.5) is 5.82 Å². The number of hydrogen-bond acceptors (Lipinski definition) is 11. The zero-order chi connectivity index (χ0) is 61.6. The van der Waals surface area contributed by atoms with Gasteiger partial charge in [-0.3, -0.25) is 4.55 Å². The van der Waals surface area contributed by atoms with E-state index in [1.54, 1.807) is 12.1 Å². The minimum Gasteiger partial charge on any atom is -0.508 e. The maximum absolute atomic E-state index is 14.6. The number of aliphatic hydroxyl groups excluding tert-OH is 1. The molecule has 9 aliphatic rings.